The molecule has 0 aliphatic heterocycles. The number of hydrogen-bond donors (Lipinski definition) is 3. The van der Waals surface area contributed by atoms with E-state index in [4.69, 9.17) is 19.5 Å². The van der Waals surface area contributed by atoms with E-state index in [0.29, 0.717) is 28.3 Å². The van der Waals surface area contributed by atoms with Crippen molar-refractivity contribution in [3.05, 3.63) is 90.0 Å². The summed E-state index contributed by atoms with van der Waals surface area (Å²) in [6, 6.07) is 24.4. The van der Waals surface area contributed by atoms with E-state index in [-0.39, 0.29) is 26.2 Å². The van der Waals surface area contributed by atoms with Gasteiger partial charge in [0.05, 0.1) is 18.2 Å². The van der Waals surface area contributed by atoms with Gasteiger partial charge in [0.15, 0.2) is 6.10 Å². The van der Waals surface area contributed by atoms with Gasteiger partial charge in [-0.25, -0.2) is 4.79 Å². The minimum absolute atomic E-state index is 0.0609. The molecule has 0 radical (unpaired) electrons. The van der Waals surface area contributed by atoms with Crippen molar-refractivity contribution in [3.8, 4) is 17.6 Å². The third-order valence-corrected chi connectivity index (χ3v) is 4.85. The maximum absolute atomic E-state index is 12.8. The van der Waals surface area contributed by atoms with Gasteiger partial charge in [0.1, 0.15) is 24.2 Å². The van der Waals surface area contributed by atoms with Gasteiger partial charge >= 0.3 is 6.09 Å². The molecule has 34 heavy (non-hydrogen) atoms. The molecule has 0 spiro atoms. The summed E-state index contributed by atoms with van der Waals surface area (Å²) in [6.07, 6.45) is -2.25. The van der Waals surface area contributed by atoms with Crippen LogP contribution in [0.15, 0.2) is 78.9 Å². The minimum atomic E-state index is -0.944. The SMILES string of the molecule is N#Cc1ccc(NC(=O)O[C@@H](c2ccccc2OCCO)[C@H](CCO)Oc2ccccc2)cc1. The van der Waals surface area contributed by atoms with Crippen LogP contribution < -0.4 is 14.8 Å². The molecule has 0 aromatic heterocycles. The van der Waals surface area contributed by atoms with Gasteiger partial charge in [-0.2, -0.15) is 5.26 Å². The van der Waals surface area contributed by atoms with Crippen molar-refractivity contribution in [1.29, 1.82) is 5.26 Å². The van der Waals surface area contributed by atoms with Crippen molar-refractivity contribution in [2.75, 3.05) is 25.1 Å². The molecule has 2 atom stereocenters. The second kappa shape index (κ2) is 12.8. The van der Waals surface area contributed by atoms with Crippen LogP contribution in [0.1, 0.15) is 23.7 Å². The first kappa shape index (κ1) is 24.6. The Morgan fingerprint density at radius 3 is 2.32 bits per heavy atom. The quantitative estimate of drug-likeness (QED) is 0.393. The van der Waals surface area contributed by atoms with Crippen molar-refractivity contribution in [2.24, 2.45) is 0 Å². The summed E-state index contributed by atoms with van der Waals surface area (Å²) in [4.78, 5) is 12.8. The number of para-hydroxylation sites is 2. The molecule has 3 rings (SSSR count). The zero-order valence-electron chi connectivity index (χ0n) is 18.5. The molecule has 176 valence electrons. The van der Waals surface area contributed by atoms with Crippen molar-refractivity contribution in [3.63, 3.8) is 0 Å². The van der Waals surface area contributed by atoms with Crippen LogP contribution in [0.5, 0.6) is 11.5 Å². The van der Waals surface area contributed by atoms with E-state index in [1.165, 1.54) is 0 Å². The molecular formula is C26H26N2O6. The Bertz CT molecular complexity index is 1080. The fourth-order valence-corrected chi connectivity index (χ4v) is 3.31. The van der Waals surface area contributed by atoms with E-state index >= 15 is 0 Å². The Balaban J connectivity index is 1.90. The fourth-order valence-electron chi connectivity index (χ4n) is 3.31. The molecule has 3 N–H and O–H groups in total. The number of benzene rings is 3. The first-order valence-electron chi connectivity index (χ1n) is 10.8. The highest BCUT2D eigenvalue weighted by atomic mass is 16.6. The highest BCUT2D eigenvalue weighted by Gasteiger charge is 2.31. The number of carbonyl (C=O) groups is 1. The first-order chi connectivity index (χ1) is 16.6. The second-order valence-corrected chi connectivity index (χ2v) is 7.23. The van der Waals surface area contributed by atoms with Gasteiger partial charge in [-0.3, -0.25) is 5.32 Å². The number of aliphatic hydroxyl groups excluding tert-OH is 2. The van der Waals surface area contributed by atoms with E-state index in [0.717, 1.165) is 0 Å². The summed E-state index contributed by atoms with van der Waals surface area (Å²) in [7, 11) is 0. The molecule has 1 amide bonds. The van der Waals surface area contributed by atoms with Crippen LogP contribution in [-0.4, -0.2) is 42.2 Å². The monoisotopic (exact) mass is 462 g/mol. The average Bonchev–Trinajstić information content (AvgIpc) is 2.87. The normalized spacial score (nSPS) is 12.1. The lowest BCUT2D eigenvalue weighted by Crippen LogP contribution is -2.32. The highest BCUT2D eigenvalue weighted by molar-refractivity contribution is 5.84. The Morgan fingerprint density at radius 2 is 1.65 bits per heavy atom. The molecule has 0 bridgehead atoms. The van der Waals surface area contributed by atoms with Crippen LogP contribution in [-0.2, 0) is 4.74 Å². The van der Waals surface area contributed by atoms with Gasteiger partial charge in [-0.05, 0) is 42.5 Å². The molecule has 0 unspecified atom stereocenters. The standard InChI is InChI=1S/C26H26N2O6/c27-18-19-10-12-20(13-11-19)28-26(31)34-25(22-8-4-5-9-23(22)32-17-16-30)24(14-15-29)33-21-6-2-1-3-7-21/h1-13,24-25,29-30H,14-17H2,(H,28,31)/t24-,25-/m0/s1. The van der Waals surface area contributed by atoms with Crippen molar-refractivity contribution in [1.82, 2.24) is 0 Å². The van der Waals surface area contributed by atoms with Crippen molar-refractivity contribution in [2.45, 2.75) is 18.6 Å². The van der Waals surface area contributed by atoms with E-state index in [2.05, 4.69) is 5.32 Å². The number of hydrogen-bond acceptors (Lipinski definition) is 7. The number of aliphatic hydroxyl groups is 2. The van der Waals surface area contributed by atoms with Crippen LogP contribution in [0, 0.1) is 11.3 Å². The molecule has 3 aromatic carbocycles. The topological polar surface area (TPSA) is 121 Å². The summed E-state index contributed by atoms with van der Waals surface area (Å²) in [5, 5.41) is 30.5. The second-order valence-electron chi connectivity index (χ2n) is 7.23. The lowest BCUT2D eigenvalue weighted by atomic mass is 10.0. The van der Waals surface area contributed by atoms with E-state index < -0.39 is 18.3 Å². The van der Waals surface area contributed by atoms with Crippen LogP contribution in [0.4, 0.5) is 10.5 Å². The number of nitrogens with one attached hydrogen (secondary N) is 1. The Morgan fingerprint density at radius 1 is 0.941 bits per heavy atom. The fraction of sp³-hybridized carbons (Fsp3) is 0.231. The molecule has 0 heterocycles. The zero-order valence-corrected chi connectivity index (χ0v) is 18.5. The molecule has 0 fully saturated rings. The number of anilines is 1. The van der Waals surface area contributed by atoms with E-state index in [9.17, 15) is 15.0 Å². The van der Waals surface area contributed by atoms with Gasteiger partial charge in [-0.1, -0.05) is 36.4 Å². The van der Waals surface area contributed by atoms with Crippen LogP contribution in [0.25, 0.3) is 0 Å². The summed E-state index contributed by atoms with van der Waals surface area (Å²) in [5.74, 6) is 0.975. The van der Waals surface area contributed by atoms with Crippen molar-refractivity contribution >= 4 is 11.8 Å². The minimum Gasteiger partial charge on any atom is -0.491 e. The number of ether oxygens (including phenoxy) is 3. The summed E-state index contributed by atoms with van der Waals surface area (Å²) in [5.41, 5.74) is 1.45. The van der Waals surface area contributed by atoms with Gasteiger partial charge in [0.25, 0.3) is 0 Å². The molecule has 0 aliphatic rings. The van der Waals surface area contributed by atoms with E-state index in [1.807, 2.05) is 24.3 Å². The number of nitriles is 1. The molecule has 0 saturated carbocycles. The van der Waals surface area contributed by atoms with Gasteiger partial charge in [0.2, 0.25) is 0 Å². The lowest BCUT2D eigenvalue weighted by Gasteiger charge is -2.29. The number of rotatable bonds is 11. The van der Waals surface area contributed by atoms with Gasteiger partial charge < -0.3 is 24.4 Å². The number of carbonyl (C=O) groups excluding carboxylic acids is 1. The average molecular weight is 463 g/mol. The van der Waals surface area contributed by atoms with Crippen LogP contribution >= 0.6 is 0 Å². The van der Waals surface area contributed by atoms with Crippen LogP contribution in [0.2, 0.25) is 0 Å². The van der Waals surface area contributed by atoms with Gasteiger partial charge in [0, 0.05) is 24.3 Å². The van der Waals surface area contributed by atoms with Gasteiger partial charge in [-0.15, -0.1) is 0 Å². The Kier molecular flexibility index (Phi) is 9.29. The number of amides is 1. The molecule has 0 aliphatic carbocycles. The summed E-state index contributed by atoms with van der Waals surface area (Å²) >= 11 is 0. The maximum Gasteiger partial charge on any atom is 0.412 e. The molecule has 0 saturated heterocycles. The largest absolute Gasteiger partial charge is 0.491 e. The Hall–Kier alpha value is -4.06. The molecule has 3 aromatic rings. The summed E-state index contributed by atoms with van der Waals surface area (Å²) < 4.78 is 17.6. The maximum atomic E-state index is 12.8. The smallest absolute Gasteiger partial charge is 0.412 e. The third-order valence-electron chi connectivity index (χ3n) is 4.85. The molecular weight excluding hydrogens is 436 g/mol. The first-order valence-corrected chi connectivity index (χ1v) is 10.8. The third kappa shape index (κ3) is 6.97. The van der Waals surface area contributed by atoms with E-state index in [1.54, 1.807) is 60.7 Å². The Labute approximate surface area is 197 Å². The summed E-state index contributed by atoms with van der Waals surface area (Å²) in [6.45, 7) is -0.320. The molecule has 8 heteroatoms. The van der Waals surface area contributed by atoms with Crippen LogP contribution in [0.3, 0.4) is 0 Å². The molecule has 8 nitrogen and oxygen atoms in total. The predicted octanol–water partition coefficient (Wildman–Crippen LogP) is 4.05. The predicted molar refractivity (Wildman–Crippen MR) is 126 cm³/mol. The number of nitrogens with zero attached hydrogens (tertiary/aromatic N) is 1. The zero-order chi connectivity index (χ0) is 24.2. The van der Waals surface area contributed by atoms with Crippen molar-refractivity contribution < 1.29 is 29.2 Å². The lowest BCUT2D eigenvalue weighted by molar-refractivity contribution is 0.00751. The highest BCUT2D eigenvalue weighted by Crippen LogP contribution is 2.34.